The van der Waals surface area contributed by atoms with E-state index < -0.39 is 0 Å². The highest BCUT2D eigenvalue weighted by Crippen LogP contribution is 2.18. The Morgan fingerprint density at radius 3 is 2.40 bits per heavy atom. The first-order chi connectivity index (χ1) is 9.25. The number of hydrogen-bond donors (Lipinski definition) is 1. The van der Waals surface area contributed by atoms with Gasteiger partial charge >= 0.3 is 0 Å². The van der Waals surface area contributed by atoms with E-state index in [-0.39, 0.29) is 23.3 Å². The highest BCUT2D eigenvalue weighted by atomic mass is 19.1. The molecule has 20 heavy (non-hydrogen) atoms. The molecular formula is C16H25FN2O. The summed E-state index contributed by atoms with van der Waals surface area (Å²) in [7, 11) is 1.90. The van der Waals surface area contributed by atoms with Crippen molar-refractivity contribution in [3.05, 3.63) is 35.6 Å². The van der Waals surface area contributed by atoms with Crippen LogP contribution >= 0.6 is 0 Å². The van der Waals surface area contributed by atoms with Crippen LogP contribution in [0.2, 0.25) is 0 Å². The smallest absolute Gasteiger partial charge is 0.234 e. The van der Waals surface area contributed by atoms with Gasteiger partial charge in [0.25, 0.3) is 0 Å². The lowest BCUT2D eigenvalue weighted by molar-refractivity contribution is -0.124. The van der Waals surface area contributed by atoms with Crippen molar-refractivity contribution < 1.29 is 9.18 Å². The maximum Gasteiger partial charge on any atom is 0.234 e. The van der Waals surface area contributed by atoms with E-state index in [2.05, 4.69) is 5.32 Å². The van der Waals surface area contributed by atoms with Crippen molar-refractivity contribution in [3.63, 3.8) is 0 Å². The van der Waals surface area contributed by atoms with Gasteiger partial charge in [-0.2, -0.15) is 0 Å². The van der Waals surface area contributed by atoms with Gasteiger partial charge in [0.1, 0.15) is 5.82 Å². The molecule has 1 unspecified atom stereocenters. The Labute approximate surface area is 121 Å². The van der Waals surface area contributed by atoms with Crippen molar-refractivity contribution in [3.8, 4) is 0 Å². The lowest BCUT2D eigenvalue weighted by atomic mass is 10.0. The quantitative estimate of drug-likeness (QED) is 0.868. The van der Waals surface area contributed by atoms with Crippen molar-refractivity contribution in [2.24, 2.45) is 0 Å². The standard InChI is InChI=1S/C16H25FN2O/c1-6-16(3,4)18-15(20)11-19(5)12(2)13-7-9-14(17)10-8-13/h7-10,12H,6,11H2,1-5H3,(H,18,20). The van der Waals surface area contributed by atoms with E-state index in [1.54, 1.807) is 12.1 Å². The van der Waals surface area contributed by atoms with Crippen LogP contribution in [0.1, 0.15) is 45.7 Å². The van der Waals surface area contributed by atoms with Crippen LogP contribution < -0.4 is 5.32 Å². The number of carbonyl (C=O) groups is 1. The third kappa shape index (κ3) is 4.93. The molecule has 0 aliphatic rings. The van der Waals surface area contributed by atoms with Crippen molar-refractivity contribution in [1.29, 1.82) is 0 Å². The lowest BCUT2D eigenvalue weighted by Crippen LogP contribution is -2.47. The Morgan fingerprint density at radius 2 is 1.90 bits per heavy atom. The summed E-state index contributed by atoms with van der Waals surface area (Å²) in [5, 5.41) is 3.01. The fourth-order valence-electron chi connectivity index (χ4n) is 1.86. The molecule has 0 heterocycles. The van der Waals surface area contributed by atoms with Crippen molar-refractivity contribution in [1.82, 2.24) is 10.2 Å². The second-order valence-electron chi connectivity index (χ2n) is 5.93. The van der Waals surface area contributed by atoms with Crippen molar-refractivity contribution in [2.45, 2.75) is 45.7 Å². The van der Waals surface area contributed by atoms with Crippen LogP contribution in [0.4, 0.5) is 4.39 Å². The number of hydrogen-bond acceptors (Lipinski definition) is 2. The number of halogens is 1. The van der Waals surface area contributed by atoms with Gasteiger partial charge < -0.3 is 5.32 Å². The number of amides is 1. The second kappa shape index (κ2) is 6.84. The molecule has 112 valence electrons. The molecule has 0 aliphatic carbocycles. The van der Waals surface area contributed by atoms with E-state index in [0.29, 0.717) is 6.54 Å². The average Bonchev–Trinajstić information content (AvgIpc) is 2.38. The first-order valence-corrected chi connectivity index (χ1v) is 7.02. The van der Waals surface area contributed by atoms with Gasteiger partial charge in [-0.3, -0.25) is 9.69 Å². The zero-order valence-corrected chi connectivity index (χ0v) is 13.0. The van der Waals surface area contributed by atoms with E-state index >= 15 is 0 Å². The molecule has 0 aromatic heterocycles. The molecule has 0 fully saturated rings. The van der Waals surface area contributed by atoms with Crippen molar-refractivity contribution >= 4 is 5.91 Å². The third-order valence-electron chi connectivity index (χ3n) is 3.77. The molecule has 0 saturated carbocycles. The predicted molar refractivity (Wildman–Crippen MR) is 80.0 cm³/mol. The minimum atomic E-state index is -0.244. The van der Waals surface area contributed by atoms with Gasteiger partial charge in [-0.15, -0.1) is 0 Å². The van der Waals surface area contributed by atoms with Crippen LogP contribution in [0.15, 0.2) is 24.3 Å². The molecule has 0 saturated heterocycles. The summed E-state index contributed by atoms with van der Waals surface area (Å²) in [5.41, 5.74) is 0.813. The Hall–Kier alpha value is -1.42. The molecule has 0 aliphatic heterocycles. The van der Waals surface area contributed by atoms with Gasteiger partial charge in [0.2, 0.25) is 5.91 Å². The molecule has 1 atom stereocenters. The highest BCUT2D eigenvalue weighted by Gasteiger charge is 2.20. The second-order valence-corrected chi connectivity index (χ2v) is 5.93. The summed E-state index contributed by atoms with van der Waals surface area (Å²) in [6.45, 7) is 8.39. The number of carbonyl (C=O) groups excluding carboxylic acids is 1. The van der Waals surface area contributed by atoms with Gasteiger partial charge in [0.15, 0.2) is 0 Å². The number of nitrogens with zero attached hydrogens (tertiary/aromatic N) is 1. The fraction of sp³-hybridized carbons (Fsp3) is 0.562. The minimum absolute atomic E-state index is 0.00770. The number of nitrogens with one attached hydrogen (secondary N) is 1. The Morgan fingerprint density at radius 1 is 1.35 bits per heavy atom. The van der Waals surface area contributed by atoms with Crippen LogP contribution in [-0.2, 0) is 4.79 Å². The molecule has 4 heteroatoms. The Balaban J connectivity index is 2.59. The van der Waals surface area contributed by atoms with E-state index in [4.69, 9.17) is 0 Å². The van der Waals surface area contributed by atoms with Crippen LogP contribution in [0.25, 0.3) is 0 Å². The fourth-order valence-corrected chi connectivity index (χ4v) is 1.86. The first-order valence-electron chi connectivity index (χ1n) is 7.02. The van der Waals surface area contributed by atoms with Crippen LogP contribution in [0.3, 0.4) is 0 Å². The molecule has 1 rings (SSSR count). The summed E-state index contributed by atoms with van der Waals surface area (Å²) >= 11 is 0. The summed E-state index contributed by atoms with van der Waals surface area (Å²) in [4.78, 5) is 14.0. The lowest BCUT2D eigenvalue weighted by Gasteiger charge is -2.28. The molecule has 0 spiro atoms. The zero-order valence-electron chi connectivity index (χ0n) is 13.0. The van der Waals surface area contributed by atoms with Crippen LogP contribution in [-0.4, -0.2) is 29.9 Å². The van der Waals surface area contributed by atoms with Gasteiger partial charge in [-0.25, -0.2) is 4.39 Å². The van der Waals surface area contributed by atoms with E-state index in [1.807, 2.05) is 39.6 Å². The topological polar surface area (TPSA) is 32.3 Å². The number of likely N-dealkylation sites (N-methyl/N-ethyl adjacent to an activating group) is 1. The molecule has 1 amide bonds. The number of rotatable bonds is 6. The molecule has 1 N–H and O–H groups in total. The minimum Gasteiger partial charge on any atom is -0.350 e. The van der Waals surface area contributed by atoms with Gasteiger partial charge in [-0.1, -0.05) is 19.1 Å². The highest BCUT2D eigenvalue weighted by molar-refractivity contribution is 5.78. The van der Waals surface area contributed by atoms with E-state index in [1.165, 1.54) is 12.1 Å². The largest absolute Gasteiger partial charge is 0.350 e. The Bertz CT molecular complexity index is 442. The SMILES string of the molecule is CCC(C)(C)NC(=O)CN(C)C(C)c1ccc(F)cc1. The normalized spacial score (nSPS) is 13.3. The molecule has 3 nitrogen and oxygen atoms in total. The van der Waals surface area contributed by atoms with Crippen LogP contribution in [0, 0.1) is 5.82 Å². The first kappa shape index (κ1) is 16.6. The van der Waals surface area contributed by atoms with Gasteiger partial charge in [0.05, 0.1) is 6.54 Å². The van der Waals surface area contributed by atoms with Crippen molar-refractivity contribution in [2.75, 3.05) is 13.6 Å². The van der Waals surface area contributed by atoms with Gasteiger partial charge in [-0.05, 0) is 51.9 Å². The molecule has 0 radical (unpaired) electrons. The Kier molecular flexibility index (Phi) is 5.69. The summed E-state index contributed by atoms with van der Waals surface area (Å²) in [6, 6.07) is 6.46. The van der Waals surface area contributed by atoms with Crippen LogP contribution in [0.5, 0.6) is 0 Å². The molecule has 0 bridgehead atoms. The van der Waals surface area contributed by atoms with E-state index in [0.717, 1.165) is 12.0 Å². The monoisotopic (exact) mass is 280 g/mol. The third-order valence-corrected chi connectivity index (χ3v) is 3.77. The molecule has 1 aromatic carbocycles. The number of benzene rings is 1. The van der Waals surface area contributed by atoms with Gasteiger partial charge in [0, 0.05) is 11.6 Å². The summed E-state index contributed by atoms with van der Waals surface area (Å²) in [5.74, 6) is -0.237. The average molecular weight is 280 g/mol. The zero-order chi connectivity index (χ0) is 15.3. The molecule has 1 aromatic rings. The summed E-state index contributed by atoms with van der Waals surface area (Å²) < 4.78 is 12.9. The molecular weight excluding hydrogens is 255 g/mol. The van der Waals surface area contributed by atoms with E-state index in [9.17, 15) is 9.18 Å². The maximum atomic E-state index is 12.9. The predicted octanol–water partition coefficient (Wildman–Crippen LogP) is 3.12. The summed E-state index contributed by atoms with van der Waals surface area (Å²) in [6.07, 6.45) is 0.885. The maximum absolute atomic E-state index is 12.9.